The van der Waals surface area contributed by atoms with Gasteiger partial charge in [0.1, 0.15) is 5.75 Å². The molecule has 0 spiro atoms. The van der Waals surface area contributed by atoms with Crippen molar-refractivity contribution in [2.75, 3.05) is 7.11 Å². The molecule has 0 heterocycles. The largest absolute Gasteiger partial charge is 0.496 e. The Bertz CT molecular complexity index is 789. The normalized spacial score (nSPS) is 11.7. The third-order valence-corrected chi connectivity index (χ3v) is 5.22. The number of methoxy groups -OCH3 is 1. The van der Waals surface area contributed by atoms with Crippen molar-refractivity contribution in [2.24, 2.45) is 0 Å². The lowest BCUT2D eigenvalue weighted by atomic mass is 10.1. The van der Waals surface area contributed by atoms with Gasteiger partial charge in [-0.3, -0.25) is 0 Å². The Kier molecular flexibility index (Phi) is 6.99. The summed E-state index contributed by atoms with van der Waals surface area (Å²) in [5, 5.41) is 3.36. The van der Waals surface area contributed by atoms with Crippen LogP contribution in [0.25, 0.3) is 0 Å². The van der Waals surface area contributed by atoms with E-state index in [1.54, 1.807) is 7.11 Å². The summed E-state index contributed by atoms with van der Waals surface area (Å²) >= 11 is 0. The van der Waals surface area contributed by atoms with Crippen molar-refractivity contribution >= 4 is 10.0 Å². The minimum Gasteiger partial charge on any atom is -0.496 e. The molecule has 2 rings (SSSR count). The molecule has 0 unspecified atom stereocenters. The van der Waals surface area contributed by atoms with Crippen LogP contribution in [0.5, 0.6) is 5.75 Å². The smallest absolute Gasteiger partial charge is 0.216 e. The van der Waals surface area contributed by atoms with Gasteiger partial charge < -0.3 is 10.1 Å². The Hall–Kier alpha value is -1.89. The molecular formula is C19H26N2O3S. The predicted molar refractivity (Wildman–Crippen MR) is 101 cm³/mol. The zero-order valence-corrected chi connectivity index (χ0v) is 15.8. The summed E-state index contributed by atoms with van der Waals surface area (Å²) in [5.74, 6) is 0.824. The lowest BCUT2D eigenvalue weighted by Gasteiger charge is -2.14. The first kappa shape index (κ1) is 19.4. The van der Waals surface area contributed by atoms with Crippen LogP contribution in [0.2, 0.25) is 0 Å². The van der Waals surface area contributed by atoms with Gasteiger partial charge in [-0.25, -0.2) is 13.1 Å². The molecule has 0 amide bonds. The number of ether oxygens (including phenoxy) is 1. The van der Waals surface area contributed by atoms with E-state index in [2.05, 4.69) is 10.0 Å². The molecule has 0 aliphatic heterocycles. The average Bonchev–Trinajstić information content (AvgIpc) is 2.55. The minimum absolute atomic E-state index is 0.0162. The molecule has 0 radical (unpaired) electrons. The second-order valence-electron chi connectivity index (χ2n) is 6.22. The Balaban J connectivity index is 2.03. The predicted octanol–water partition coefficient (Wildman–Crippen LogP) is 2.81. The van der Waals surface area contributed by atoms with Crippen LogP contribution in [0, 0.1) is 0 Å². The van der Waals surface area contributed by atoms with E-state index >= 15 is 0 Å². The van der Waals surface area contributed by atoms with Crippen LogP contribution in [0.15, 0.2) is 48.5 Å². The summed E-state index contributed by atoms with van der Waals surface area (Å²) in [6.45, 7) is 4.87. The summed E-state index contributed by atoms with van der Waals surface area (Å²) in [5.41, 5.74) is 2.85. The molecular weight excluding hydrogens is 336 g/mol. The Labute approximate surface area is 150 Å². The highest BCUT2D eigenvalue weighted by Gasteiger charge is 2.15. The summed E-state index contributed by atoms with van der Waals surface area (Å²) in [4.78, 5) is 0. The van der Waals surface area contributed by atoms with Crippen LogP contribution in [0.1, 0.15) is 30.5 Å². The lowest BCUT2D eigenvalue weighted by Crippen LogP contribution is -2.31. The van der Waals surface area contributed by atoms with Gasteiger partial charge in [0.25, 0.3) is 0 Å². The van der Waals surface area contributed by atoms with Gasteiger partial charge in [0.15, 0.2) is 0 Å². The fourth-order valence-electron chi connectivity index (χ4n) is 2.66. The second kappa shape index (κ2) is 8.99. The molecule has 2 N–H and O–H groups in total. The maximum absolute atomic E-state index is 12.2. The van der Waals surface area contributed by atoms with E-state index in [1.165, 1.54) is 0 Å². The summed E-state index contributed by atoms with van der Waals surface area (Å²) in [6, 6.07) is 15.3. The van der Waals surface area contributed by atoms with Gasteiger partial charge in [-0.1, -0.05) is 42.5 Å². The van der Waals surface area contributed by atoms with Gasteiger partial charge in [0.2, 0.25) is 10.0 Å². The number of hydrogen-bond donors (Lipinski definition) is 2. The number of hydrogen-bond acceptors (Lipinski definition) is 4. The second-order valence-corrected chi connectivity index (χ2v) is 7.97. The number of nitrogens with one attached hydrogen (secondary N) is 2. The molecule has 0 atom stereocenters. The van der Waals surface area contributed by atoms with Crippen LogP contribution in [0.3, 0.4) is 0 Å². The number of para-hydroxylation sites is 1. The van der Waals surface area contributed by atoms with E-state index in [0.717, 1.165) is 22.4 Å². The van der Waals surface area contributed by atoms with Gasteiger partial charge in [0.05, 0.1) is 12.9 Å². The van der Waals surface area contributed by atoms with Gasteiger partial charge in [0, 0.05) is 24.7 Å². The van der Waals surface area contributed by atoms with E-state index in [-0.39, 0.29) is 11.8 Å². The molecule has 0 aliphatic carbocycles. The molecule has 2 aromatic rings. The van der Waals surface area contributed by atoms with Gasteiger partial charge in [-0.05, 0) is 31.0 Å². The third-order valence-electron chi connectivity index (χ3n) is 3.70. The Morgan fingerprint density at radius 1 is 0.920 bits per heavy atom. The van der Waals surface area contributed by atoms with Crippen molar-refractivity contribution in [1.29, 1.82) is 0 Å². The van der Waals surface area contributed by atoms with E-state index in [4.69, 9.17) is 4.74 Å². The molecule has 0 bridgehead atoms. The molecule has 2 aromatic carbocycles. The molecule has 136 valence electrons. The number of rotatable bonds is 9. The van der Waals surface area contributed by atoms with Crippen LogP contribution in [-0.4, -0.2) is 21.6 Å². The lowest BCUT2D eigenvalue weighted by molar-refractivity contribution is 0.407. The molecule has 0 aliphatic rings. The fourth-order valence-corrected chi connectivity index (χ4v) is 4.15. The van der Waals surface area contributed by atoms with E-state index in [9.17, 15) is 8.42 Å². The highest BCUT2D eigenvalue weighted by Crippen LogP contribution is 2.17. The fraction of sp³-hybridized carbons (Fsp3) is 0.368. The number of sulfonamides is 1. The van der Waals surface area contributed by atoms with Crippen LogP contribution < -0.4 is 14.8 Å². The van der Waals surface area contributed by atoms with E-state index in [1.807, 2.05) is 62.4 Å². The minimum atomic E-state index is -3.34. The molecule has 25 heavy (non-hydrogen) atoms. The molecule has 0 saturated carbocycles. The quantitative estimate of drug-likeness (QED) is 0.720. The monoisotopic (exact) mass is 362 g/mol. The van der Waals surface area contributed by atoms with Crippen molar-refractivity contribution in [2.45, 2.75) is 38.7 Å². The molecule has 5 nitrogen and oxygen atoms in total. The van der Waals surface area contributed by atoms with Crippen molar-refractivity contribution < 1.29 is 13.2 Å². The third kappa shape index (κ3) is 6.16. The Morgan fingerprint density at radius 3 is 2.12 bits per heavy atom. The first-order valence-electron chi connectivity index (χ1n) is 8.30. The first-order chi connectivity index (χ1) is 11.9. The maximum atomic E-state index is 12.2. The van der Waals surface area contributed by atoms with E-state index < -0.39 is 10.0 Å². The van der Waals surface area contributed by atoms with Gasteiger partial charge in [-0.2, -0.15) is 0 Å². The van der Waals surface area contributed by atoms with Gasteiger partial charge >= 0.3 is 0 Å². The van der Waals surface area contributed by atoms with Crippen LogP contribution >= 0.6 is 0 Å². The van der Waals surface area contributed by atoms with Crippen molar-refractivity contribution in [3.05, 3.63) is 65.2 Å². The summed E-state index contributed by atoms with van der Waals surface area (Å²) < 4.78 is 32.4. The average molecular weight is 362 g/mol. The van der Waals surface area contributed by atoms with Gasteiger partial charge in [-0.15, -0.1) is 0 Å². The summed E-state index contributed by atoms with van der Waals surface area (Å²) in [7, 11) is -1.69. The molecule has 6 heteroatoms. The van der Waals surface area contributed by atoms with E-state index in [0.29, 0.717) is 13.1 Å². The molecule has 0 aromatic heterocycles. The van der Waals surface area contributed by atoms with Crippen LogP contribution in [-0.2, 0) is 28.9 Å². The SMILES string of the molecule is COc1ccccc1CNCc1ccccc1CS(=O)(=O)NC(C)C. The van der Waals surface area contributed by atoms with Crippen molar-refractivity contribution in [1.82, 2.24) is 10.0 Å². The molecule has 0 fully saturated rings. The first-order valence-corrected chi connectivity index (χ1v) is 9.96. The Morgan fingerprint density at radius 2 is 1.48 bits per heavy atom. The summed E-state index contributed by atoms with van der Waals surface area (Å²) in [6.07, 6.45) is 0. The topological polar surface area (TPSA) is 67.4 Å². The zero-order valence-electron chi connectivity index (χ0n) is 15.0. The highest BCUT2D eigenvalue weighted by molar-refractivity contribution is 7.88. The zero-order chi connectivity index (χ0) is 18.3. The molecule has 0 saturated heterocycles. The standard InChI is InChI=1S/C19H26N2O3S/c1-15(2)21-25(22,23)14-18-10-5-4-8-16(18)12-20-13-17-9-6-7-11-19(17)24-3/h4-11,15,20-21H,12-14H2,1-3H3. The number of benzene rings is 2. The van der Waals surface area contributed by atoms with Crippen LogP contribution in [0.4, 0.5) is 0 Å². The van der Waals surface area contributed by atoms with Crippen molar-refractivity contribution in [3.63, 3.8) is 0 Å². The van der Waals surface area contributed by atoms with Crippen molar-refractivity contribution in [3.8, 4) is 5.75 Å². The highest BCUT2D eigenvalue weighted by atomic mass is 32.2. The maximum Gasteiger partial charge on any atom is 0.216 e.